The highest BCUT2D eigenvalue weighted by atomic mass is 16.5. The number of nitrogens with one attached hydrogen (secondary N) is 2. The maximum atomic E-state index is 12.3. The molecule has 2 amide bonds. The molecule has 0 fully saturated rings. The Bertz CT molecular complexity index is 994. The molecule has 0 saturated heterocycles. The molecule has 0 saturated carbocycles. The third-order valence-corrected chi connectivity index (χ3v) is 4.30. The van der Waals surface area contributed by atoms with Gasteiger partial charge in [-0.3, -0.25) is 9.59 Å². The van der Waals surface area contributed by atoms with Crippen LogP contribution in [0.1, 0.15) is 41.4 Å². The van der Waals surface area contributed by atoms with Gasteiger partial charge in [-0.25, -0.2) is 0 Å². The first kappa shape index (κ1) is 20.2. The van der Waals surface area contributed by atoms with Crippen molar-refractivity contribution in [2.24, 2.45) is 0 Å². The topological polar surface area (TPSA) is 80.6 Å². The number of hydrogen-bond donors (Lipinski definition) is 2. The van der Waals surface area contributed by atoms with E-state index in [9.17, 15) is 9.59 Å². The fourth-order valence-corrected chi connectivity index (χ4v) is 2.86. The standard InChI is InChI=1S/C23H24N2O4/c1-15(2)19-10-9-16(3)12-21(19)29-14-22(26)24-17-6-4-7-18(13-17)25-23(27)20-8-5-11-28-20/h4-13,15H,14H2,1-3H3,(H,24,26)(H,25,27). The molecule has 1 heterocycles. The fraction of sp³-hybridized carbons (Fsp3) is 0.217. The molecule has 0 unspecified atom stereocenters. The molecular weight excluding hydrogens is 368 g/mol. The zero-order valence-electron chi connectivity index (χ0n) is 16.7. The van der Waals surface area contributed by atoms with Gasteiger partial charge in [0.25, 0.3) is 11.8 Å². The van der Waals surface area contributed by atoms with Crippen molar-refractivity contribution in [1.29, 1.82) is 0 Å². The fourth-order valence-electron chi connectivity index (χ4n) is 2.86. The number of amides is 2. The van der Waals surface area contributed by atoms with Crippen molar-refractivity contribution < 1.29 is 18.7 Å². The van der Waals surface area contributed by atoms with Crippen LogP contribution in [0.25, 0.3) is 0 Å². The molecule has 0 spiro atoms. The van der Waals surface area contributed by atoms with E-state index in [1.54, 1.807) is 36.4 Å². The number of hydrogen-bond acceptors (Lipinski definition) is 4. The maximum absolute atomic E-state index is 12.3. The quantitative estimate of drug-likeness (QED) is 0.594. The van der Waals surface area contributed by atoms with Crippen LogP contribution >= 0.6 is 0 Å². The largest absolute Gasteiger partial charge is 0.483 e. The van der Waals surface area contributed by atoms with E-state index in [1.807, 2.05) is 25.1 Å². The molecule has 0 atom stereocenters. The van der Waals surface area contributed by atoms with Crippen LogP contribution in [0.15, 0.2) is 65.3 Å². The minimum absolute atomic E-state index is 0.105. The van der Waals surface area contributed by atoms with Crippen molar-refractivity contribution in [1.82, 2.24) is 0 Å². The van der Waals surface area contributed by atoms with Gasteiger partial charge in [0.15, 0.2) is 12.4 Å². The third kappa shape index (κ3) is 5.48. The second-order valence-corrected chi connectivity index (χ2v) is 7.05. The van der Waals surface area contributed by atoms with Crippen molar-refractivity contribution in [3.63, 3.8) is 0 Å². The minimum Gasteiger partial charge on any atom is -0.483 e. The van der Waals surface area contributed by atoms with Crippen molar-refractivity contribution in [3.05, 3.63) is 77.7 Å². The summed E-state index contributed by atoms with van der Waals surface area (Å²) in [6.07, 6.45) is 1.44. The van der Waals surface area contributed by atoms with Crippen molar-refractivity contribution >= 4 is 23.2 Å². The van der Waals surface area contributed by atoms with Gasteiger partial charge in [-0.15, -0.1) is 0 Å². The molecule has 6 nitrogen and oxygen atoms in total. The lowest BCUT2D eigenvalue weighted by molar-refractivity contribution is -0.118. The van der Waals surface area contributed by atoms with Crippen LogP contribution in [0.3, 0.4) is 0 Å². The predicted molar refractivity (Wildman–Crippen MR) is 112 cm³/mol. The van der Waals surface area contributed by atoms with E-state index in [1.165, 1.54) is 6.26 Å². The summed E-state index contributed by atoms with van der Waals surface area (Å²) in [6, 6.07) is 16.1. The molecule has 0 aliphatic carbocycles. The number of rotatable bonds is 7. The van der Waals surface area contributed by atoms with Crippen LogP contribution in [0.5, 0.6) is 5.75 Å². The Morgan fingerprint density at radius 3 is 2.45 bits per heavy atom. The van der Waals surface area contributed by atoms with E-state index in [4.69, 9.17) is 9.15 Å². The van der Waals surface area contributed by atoms with E-state index in [2.05, 4.69) is 24.5 Å². The van der Waals surface area contributed by atoms with Gasteiger partial charge in [0.05, 0.1) is 6.26 Å². The predicted octanol–water partition coefficient (Wildman–Crippen LogP) is 4.98. The number of furan rings is 1. The first-order valence-electron chi connectivity index (χ1n) is 9.40. The lowest BCUT2D eigenvalue weighted by Crippen LogP contribution is -2.21. The molecule has 0 bridgehead atoms. The number of carbonyl (C=O) groups excluding carboxylic acids is 2. The Balaban J connectivity index is 1.60. The van der Waals surface area contributed by atoms with Gasteiger partial charge in [0.1, 0.15) is 5.75 Å². The summed E-state index contributed by atoms with van der Waals surface area (Å²) >= 11 is 0. The smallest absolute Gasteiger partial charge is 0.291 e. The SMILES string of the molecule is Cc1ccc(C(C)C)c(OCC(=O)Nc2cccc(NC(=O)c3ccco3)c2)c1. The maximum Gasteiger partial charge on any atom is 0.291 e. The monoisotopic (exact) mass is 392 g/mol. The molecular formula is C23H24N2O4. The summed E-state index contributed by atoms with van der Waals surface area (Å²) in [5, 5.41) is 5.51. The van der Waals surface area contributed by atoms with E-state index in [0.717, 1.165) is 16.9 Å². The number of aryl methyl sites for hydroxylation is 1. The molecule has 1 aromatic heterocycles. The van der Waals surface area contributed by atoms with Crippen LogP contribution < -0.4 is 15.4 Å². The Morgan fingerprint density at radius 2 is 1.76 bits per heavy atom. The van der Waals surface area contributed by atoms with Gasteiger partial charge < -0.3 is 19.8 Å². The van der Waals surface area contributed by atoms with E-state index in [0.29, 0.717) is 17.3 Å². The van der Waals surface area contributed by atoms with Crippen molar-refractivity contribution in [2.45, 2.75) is 26.7 Å². The van der Waals surface area contributed by atoms with Gasteiger partial charge in [-0.2, -0.15) is 0 Å². The Labute approximate surface area is 169 Å². The molecule has 2 aromatic carbocycles. The van der Waals surface area contributed by atoms with Gasteiger partial charge in [-0.05, 0) is 60.4 Å². The van der Waals surface area contributed by atoms with Crippen molar-refractivity contribution in [3.8, 4) is 5.75 Å². The van der Waals surface area contributed by atoms with Crippen LogP contribution in [0.4, 0.5) is 11.4 Å². The minimum atomic E-state index is -0.359. The summed E-state index contributed by atoms with van der Waals surface area (Å²) in [6.45, 7) is 6.05. The number of benzene rings is 2. The van der Waals surface area contributed by atoms with Gasteiger partial charge >= 0.3 is 0 Å². The Kier molecular flexibility index (Phi) is 6.34. The van der Waals surface area contributed by atoms with Crippen LogP contribution in [-0.4, -0.2) is 18.4 Å². The molecule has 29 heavy (non-hydrogen) atoms. The zero-order valence-corrected chi connectivity index (χ0v) is 16.7. The molecule has 0 radical (unpaired) electrons. The summed E-state index contributed by atoms with van der Waals surface area (Å²) in [7, 11) is 0. The van der Waals surface area contributed by atoms with Gasteiger partial charge in [0, 0.05) is 11.4 Å². The molecule has 2 N–H and O–H groups in total. The zero-order chi connectivity index (χ0) is 20.8. The summed E-state index contributed by atoms with van der Waals surface area (Å²) in [5.41, 5.74) is 3.24. The second-order valence-electron chi connectivity index (χ2n) is 7.05. The van der Waals surface area contributed by atoms with Crippen LogP contribution in [-0.2, 0) is 4.79 Å². The number of carbonyl (C=O) groups is 2. The van der Waals surface area contributed by atoms with Gasteiger partial charge in [-0.1, -0.05) is 32.0 Å². The lowest BCUT2D eigenvalue weighted by Gasteiger charge is -2.15. The van der Waals surface area contributed by atoms with E-state index < -0.39 is 0 Å². The molecule has 150 valence electrons. The van der Waals surface area contributed by atoms with Gasteiger partial charge in [0.2, 0.25) is 0 Å². The van der Waals surface area contributed by atoms with Crippen LogP contribution in [0, 0.1) is 6.92 Å². The van der Waals surface area contributed by atoms with E-state index >= 15 is 0 Å². The highest BCUT2D eigenvalue weighted by Gasteiger charge is 2.12. The first-order chi connectivity index (χ1) is 13.9. The molecule has 0 aliphatic rings. The summed E-state index contributed by atoms with van der Waals surface area (Å²) in [5.74, 6) is 0.586. The molecule has 3 aromatic rings. The Hall–Kier alpha value is -3.54. The average molecular weight is 392 g/mol. The molecule has 6 heteroatoms. The normalized spacial score (nSPS) is 10.6. The molecule has 0 aliphatic heterocycles. The molecule has 3 rings (SSSR count). The number of anilines is 2. The second kappa shape index (κ2) is 9.10. The summed E-state index contributed by atoms with van der Waals surface area (Å²) in [4.78, 5) is 24.4. The highest BCUT2D eigenvalue weighted by Crippen LogP contribution is 2.27. The van der Waals surface area contributed by atoms with E-state index in [-0.39, 0.29) is 24.2 Å². The Morgan fingerprint density at radius 1 is 1.00 bits per heavy atom. The lowest BCUT2D eigenvalue weighted by atomic mass is 10.0. The average Bonchev–Trinajstić information content (AvgIpc) is 3.21. The summed E-state index contributed by atoms with van der Waals surface area (Å²) < 4.78 is 10.8. The number of ether oxygens (including phenoxy) is 1. The first-order valence-corrected chi connectivity index (χ1v) is 9.40. The highest BCUT2D eigenvalue weighted by molar-refractivity contribution is 6.02. The van der Waals surface area contributed by atoms with Crippen LogP contribution in [0.2, 0.25) is 0 Å². The third-order valence-electron chi connectivity index (χ3n) is 4.30. The van der Waals surface area contributed by atoms with Crippen molar-refractivity contribution in [2.75, 3.05) is 17.2 Å².